The molecular weight excluding hydrogens is 1030 g/mol. The minimum absolute atomic E-state index is 0.0169. The first kappa shape index (κ1) is 63.1. The maximum Gasteiger partial charge on any atom is 0.410 e. The Bertz CT molecular complexity index is 2800. The molecule has 2 aliphatic heterocycles. The number of aliphatic carboxylic acids is 1. The van der Waals surface area contributed by atoms with Gasteiger partial charge in [-0.3, -0.25) is 29.0 Å². The molecule has 2 saturated carbocycles. The summed E-state index contributed by atoms with van der Waals surface area (Å²) in [6.07, 6.45) is 6.60. The van der Waals surface area contributed by atoms with Crippen molar-refractivity contribution >= 4 is 41.2 Å². The van der Waals surface area contributed by atoms with E-state index in [1.54, 1.807) is 17.0 Å². The van der Waals surface area contributed by atoms with Crippen molar-refractivity contribution in [1.82, 2.24) is 25.3 Å². The van der Waals surface area contributed by atoms with Crippen molar-refractivity contribution in [3.05, 3.63) is 118 Å². The third-order valence-electron chi connectivity index (χ3n) is 16.3. The van der Waals surface area contributed by atoms with Gasteiger partial charge >= 0.3 is 12.1 Å². The average molecular weight is 1130 g/mol. The van der Waals surface area contributed by atoms with Gasteiger partial charge in [0.1, 0.15) is 17.1 Å². The van der Waals surface area contributed by atoms with Gasteiger partial charge in [0, 0.05) is 108 Å². The number of benzene rings is 4. The second kappa shape index (κ2) is 29.2. The van der Waals surface area contributed by atoms with E-state index in [9.17, 15) is 24.0 Å². The van der Waals surface area contributed by atoms with E-state index in [1.165, 1.54) is 16.7 Å². The molecule has 0 spiro atoms. The minimum atomic E-state index is -0.866. The zero-order valence-electron chi connectivity index (χ0n) is 50.8. The van der Waals surface area contributed by atoms with Crippen LogP contribution in [0, 0.1) is 25.7 Å². The molecule has 8 rings (SSSR count). The number of hydrogen-bond donors (Lipinski definition) is 3. The number of aryl methyl sites for hydroxylation is 2. The number of piperazine rings is 2. The molecule has 3 N–H and O–H groups in total. The number of carboxylic acids is 1. The van der Waals surface area contributed by atoms with Gasteiger partial charge in [0.25, 0.3) is 0 Å². The fourth-order valence-corrected chi connectivity index (χ4v) is 11.8. The number of amides is 4. The Kier molecular flexibility index (Phi) is 22.4. The van der Waals surface area contributed by atoms with Crippen molar-refractivity contribution in [1.29, 1.82) is 0 Å². The van der Waals surface area contributed by atoms with E-state index in [1.807, 2.05) is 101 Å². The SMILES string of the molecule is Cc1cc(N(C)C(=O)[C@H]2CC[C@H](Oc3cccc(CC(=O)NC(C)C)c3)CC2)ccc1CN1CCN[C@@H](C)C1.Cc1cc(N(C)C(=O)[C@H]2CC[C@H](Oc3cccc(CC(=O)O)c3)CC2)ccc1CN1CCN(C(=O)OC(C)(C)C)[C@@H](C)C1. The quantitative estimate of drug-likeness (QED) is 0.0915. The third-order valence-corrected chi connectivity index (χ3v) is 16.3. The minimum Gasteiger partial charge on any atom is -0.490 e. The molecule has 16 nitrogen and oxygen atoms in total. The Morgan fingerprint density at radius 2 is 1.15 bits per heavy atom. The summed E-state index contributed by atoms with van der Waals surface area (Å²) in [5, 5.41) is 15.5. The standard InChI is InChI=1S/C34H47N3O6.C32H46N4O3/c1-23-18-28(13-10-27(23)22-36-16-17-37(24(2)21-36)33(41)43-34(3,4)5)35(6)32(40)26-11-14-29(15-12-26)42-30-9-7-8-25(19-30)20-31(38)39;1-22(2)34-31(37)19-25-7-6-8-30(18-25)39-29-13-10-26(11-14-29)32(38)35(5)28-12-9-27(23(3)17-28)21-36-16-15-33-24(4)20-36/h7-10,13,18-19,24,26,29H,11-12,14-17,20-22H2,1-6H3,(H,38,39);6-9,12,17-18,22,24,26,29,33H,10-11,13-16,19-21H2,1-5H3,(H,34,37)/t2*24-,26-,29-/m00/s1. The number of nitrogens with one attached hydrogen (secondary N) is 2. The van der Waals surface area contributed by atoms with E-state index in [-0.39, 0.29) is 66.4 Å². The monoisotopic (exact) mass is 1130 g/mol. The Hall–Kier alpha value is -6.49. The summed E-state index contributed by atoms with van der Waals surface area (Å²) in [7, 11) is 3.75. The molecule has 2 aliphatic carbocycles. The Labute approximate surface area is 488 Å². The molecule has 0 aromatic heterocycles. The van der Waals surface area contributed by atoms with E-state index in [0.717, 1.165) is 125 Å². The van der Waals surface area contributed by atoms with Gasteiger partial charge in [-0.1, -0.05) is 36.4 Å². The Morgan fingerprint density at radius 3 is 1.59 bits per heavy atom. The third kappa shape index (κ3) is 18.8. The largest absolute Gasteiger partial charge is 0.490 e. The molecule has 4 aromatic carbocycles. The highest BCUT2D eigenvalue weighted by atomic mass is 16.6. The molecule has 0 bridgehead atoms. The average Bonchev–Trinajstić information content (AvgIpc) is 3.45. The molecular formula is C66H93N7O9. The maximum absolute atomic E-state index is 13.4. The number of carbonyl (C=O) groups is 5. The smallest absolute Gasteiger partial charge is 0.410 e. The normalized spacial score (nSPS) is 21.6. The zero-order chi connectivity index (χ0) is 59.3. The van der Waals surface area contributed by atoms with Crippen LogP contribution in [0.2, 0.25) is 0 Å². The molecule has 4 aromatic rings. The lowest BCUT2D eigenvalue weighted by Crippen LogP contribution is -2.54. The van der Waals surface area contributed by atoms with Crippen LogP contribution in [0.5, 0.6) is 11.5 Å². The lowest BCUT2D eigenvalue weighted by molar-refractivity contribution is -0.136. The number of hydrogen-bond acceptors (Lipinski definition) is 11. The summed E-state index contributed by atoms with van der Waals surface area (Å²) >= 11 is 0. The number of carbonyl (C=O) groups excluding carboxylic acids is 4. The molecule has 4 fully saturated rings. The van der Waals surface area contributed by atoms with Crippen molar-refractivity contribution < 1.29 is 43.3 Å². The number of nitrogens with zero attached hydrogens (tertiary/aromatic N) is 5. The van der Waals surface area contributed by atoms with Crippen molar-refractivity contribution in [3.8, 4) is 11.5 Å². The van der Waals surface area contributed by atoms with E-state index in [0.29, 0.717) is 30.3 Å². The van der Waals surface area contributed by atoms with Gasteiger partial charge in [0.05, 0.1) is 25.0 Å². The topological polar surface area (TPSA) is 174 Å². The molecule has 16 heteroatoms. The first-order chi connectivity index (χ1) is 39.0. The van der Waals surface area contributed by atoms with Crippen molar-refractivity contribution in [2.24, 2.45) is 11.8 Å². The Balaban J connectivity index is 0.000000237. The van der Waals surface area contributed by atoms with Crippen molar-refractivity contribution in [2.75, 3.05) is 63.2 Å². The summed E-state index contributed by atoms with van der Waals surface area (Å²) in [6.45, 7) is 25.2. The van der Waals surface area contributed by atoms with Crippen LogP contribution in [0.1, 0.15) is 133 Å². The summed E-state index contributed by atoms with van der Waals surface area (Å²) in [4.78, 5) is 72.8. The van der Waals surface area contributed by atoms with Gasteiger partial charge < -0.3 is 44.7 Å². The molecule has 2 atom stereocenters. The predicted molar refractivity (Wildman–Crippen MR) is 324 cm³/mol. The summed E-state index contributed by atoms with van der Waals surface area (Å²) in [5.74, 6) is 0.910. The number of anilines is 2. The highest BCUT2D eigenvalue weighted by molar-refractivity contribution is 5.95. The molecule has 0 radical (unpaired) electrons. The summed E-state index contributed by atoms with van der Waals surface area (Å²) < 4.78 is 18.0. The van der Waals surface area contributed by atoms with Crippen LogP contribution in [0.4, 0.5) is 16.2 Å². The maximum atomic E-state index is 13.4. The Morgan fingerprint density at radius 1 is 0.659 bits per heavy atom. The van der Waals surface area contributed by atoms with Gasteiger partial charge in [-0.25, -0.2) is 4.79 Å². The van der Waals surface area contributed by atoms with Gasteiger partial charge in [0.15, 0.2) is 0 Å². The van der Waals surface area contributed by atoms with Crippen molar-refractivity contribution in [3.63, 3.8) is 0 Å². The molecule has 446 valence electrons. The van der Waals surface area contributed by atoms with E-state index in [2.05, 4.69) is 78.5 Å². The molecule has 2 heterocycles. The second-order valence-corrected chi connectivity index (χ2v) is 24.8. The molecule has 4 aliphatic rings. The summed E-state index contributed by atoms with van der Waals surface area (Å²) in [5.41, 5.74) is 7.93. The lowest BCUT2D eigenvalue weighted by atomic mass is 9.86. The highest BCUT2D eigenvalue weighted by Gasteiger charge is 2.34. The van der Waals surface area contributed by atoms with Gasteiger partial charge in [0.2, 0.25) is 17.7 Å². The molecule has 0 unspecified atom stereocenters. The predicted octanol–water partition coefficient (Wildman–Crippen LogP) is 10.1. The molecule has 82 heavy (non-hydrogen) atoms. The zero-order valence-corrected chi connectivity index (χ0v) is 50.8. The van der Waals surface area contributed by atoms with Crippen LogP contribution < -0.4 is 29.9 Å². The number of rotatable bonds is 17. The first-order valence-corrected chi connectivity index (χ1v) is 29.9. The van der Waals surface area contributed by atoms with Crippen LogP contribution >= 0.6 is 0 Å². The second-order valence-electron chi connectivity index (χ2n) is 24.8. The van der Waals surface area contributed by atoms with Crippen LogP contribution in [0.15, 0.2) is 84.9 Å². The first-order valence-electron chi connectivity index (χ1n) is 29.9. The van der Waals surface area contributed by atoms with Gasteiger partial charge in [-0.15, -0.1) is 0 Å². The van der Waals surface area contributed by atoms with Crippen LogP contribution in [0.25, 0.3) is 0 Å². The fraction of sp³-hybridized carbons (Fsp3) is 0.561. The van der Waals surface area contributed by atoms with E-state index >= 15 is 0 Å². The molecule has 4 amide bonds. The van der Waals surface area contributed by atoms with Crippen LogP contribution in [-0.2, 0) is 49.8 Å². The van der Waals surface area contributed by atoms with Gasteiger partial charge in [-0.2, -0.15) is 0 Å². The van der Waals surface area contributed by atoms with Crippen molar-refractivity contribution in [2.45, 2.75) is 176 Å². The molecule has 2 saturated heterocycles. The summed E-state index contributed by atoms with van der Waals surface area (Å²) in [6, 6.07) is 28.4. The van der Waals surface area contributed by atoms with Crippen LogP contribution in [-0.4, -0.2) is 139 Å². The van der Waals surface area contributed by atoms with Crippen LogP contribution in [0.3, 0.4) is 0 Å². The van der Waals surface area contributed by atoms with Gasteiger partial charge in [-0.05, 0) is 196 Å². The number of ether oxygens (including phenoxy) is 3. The lowest BCUT2D eigenvalue weighted by Gasteiger charge is -2.40. The number of carboxylic acid groups (broad SMARTS) is 1. The highest BCUT2D eigenvalue weighted by Crippen LogP contribution is 2.33. The fourth-order valence-electron chi connectivity index (χ4n) is 11.8. The van der Waals surface area contributed by atoms with E-state index in [4.69, 9.17) is 19.3 Å². The van der Waals surface area contributed by atoms with E-state index < -0.39 is 11.6 Å².